The topological polar surface area (TPSA) is 43.8 Å². The van der Waals surface area contributed by atoms with E-state index < -0.39 is 6.09 Å². The first-order chi connectivity index (χ1) is 9.95. The molecule has 0 aliphatic carbocycles. The van der Waals surface area contributed by atoms with Crippen molar-refractivity contribution in [1.82, 2.24) is 9.80 Å². The maximum atomic E-state index is 11.1. The number of likely N-dealkylation sites (tertiary alicyclic amines) is 1. The largest absolute Gasteiger partial charge is 0.465 e. The Kier molecular flexibility index (Phi) is 5.48. The van der Waals surface area contributed by atoms with Crippen molar-refractivity contribution in [3.8, 4) is 0 Å². The average Bonchev–Trinajstić information content (AvgIpc) is 2.90. The van der Waals surface area contributed by atoms with Gasteiger partial charge < -0.3 is 10.0 Å². The highest BCUT2D eigenvalue weighted by atomic mass is 35.5. The van der Waals surface area contributed by atoms with Crippen LogP contribution >= 0.6 is 11.6 Å². The molecule has 1 aliphatic rings. The van der Waals surface area contributed by atoms with Crippen molar-refractivity contribution >= 4 is 17.7 Å². The Morgan fingerprint density at radius 2 is 2.10 bits per heavy atom. The van der Waals surface area contributed by atoms with Crippen LogP contribution in [0.4, 0.5) is 4.79 Å². The molecule has 1 aromatic carbocycles. The van der Waals surface area contributed by atoms with E-state index in [1.165, 1.54) is 10.5 Å². The van der Waals surface area contributed by atoms with Crippen molar-refractivity contribution in [2.75, 3.05) is 19.6 Å². The molecule has 5 heteroatoms. The van der Waals surface area contributed by atoms with E-state index in [0.717, 1.165) is 24.5 Å². The molecular weight excluding hydrogens is 288 g/mol. The number of hydrogen-bond acceptors (Lipinski definition) is 2. The summed E-state index contributed by atoms with van der Waals surface area (Å²) in [5.74, 6) is 0.552. The van der Waals surface area contributed by atoms with E-state index in [0.29, 0.717) is 25.0 Å². The number of benzene rings is 1. The Bertz CT molecular complexity index is 476. The van der Waals surface area contributed by atoms with Crippen LogP contribution in [-0.2, 0) is 6.54 Å². The smallest absolute Gasteiger partial charge is 0.407 e. The fraction of sp³-hybridized carbons (Fsp3) is 0.562. The minimum absolute atomic E-state index is 0.305. The standard InChI is InChI=1S/C16H23ClN2O2/c1-12(2)9-19(10-13-3-5-14(17)6-4-13)15-7-8-18(11-15)16(20)21/h3-6,12,15H,7-11H2,1-2H3,(H,20,21). The molecule has 0 bridgehead atoms. The molecule has 0 aromatic heterocycles. The zero-order chi connectivity index (χ0) is 15.4. The highest BCUT2D eigenvalue weighted by Crippen LogP contribution is 2.20. The zero-order valence-corrected chi connectivity index (χ0v) is 13.4. The van der Waals surface area contributed by atoms with Crippen LogP contribution in [0.25, 0.3) is 0 Å². The van der Waals surface area contributed by atoms with Gasteiger partial charge in [-0.05, 0) is 30.0 Å². The number of amides is 1. The first-order valence-electron chi connectivity index (χ1n) is 7.42. The third kappa shape index (κ3) is 4.61. The van der Waals surface area contributed by atoms with Crippen LogP contribution in [0.1, 0.15) is 25.8 Å². The molecule has 4 nitrogen and oxygen atoms in total. The van der Waals surface area contributed by atoms with Gasteiger partial charge in [-0.25, -0.2) is 4.79 Å². The van der Waals surface area contributed by atoms with Crippen molar-refractivity contribution in [2.45, 2.75) is 32.9 Å². The third-order valence-electron chi connectivity index (χ3n) is 3.85. The second-order valence-electron chi connectivity index (χ2n) is 6.12. The summed E-state index contributed by atoms with van der Waals surface area (Å²) in [6.45, 7) is 7.44. The lowest BCUT2D eigenvalue weighted by molar-refractivity contribution is 0.140. The Labute approximate surface area is 131 Å². The number of hydrogen-bond donors (Lipinski definition) is 1. The molecule has 1 atom stereocenters. The van der Waals surface area contributed by atoms with E-state index >= 15 is 0 Å². The molecule has 1 unspecified atom stereocenters. The summed E-state index contributed by atoms with van der Waals surface area (Å²) in [6, 6.07) is 8.20. The summed E-state index contributed by atoms with van der Waals surface area (Å²) in [4.78, 5) is 15.0. The zero-order valence-electron chi connectivity index (χ0n) is 12.6. The monoisotopic (exact) mass is 310 g/mol. The minimum atomic E-state index is -0.812. The normalized spacial score (nSPS) is 18.7. The number of carboxylic acid groups (broad SMARTS) is 1. The van der Waals surface area contributed by atoms with Crippen LogP contribution in [0.15, 0.2) is 24.3 Å². The van der Waals surface area contributed by atoms with E-state index in [-0.39, 0.29) is 0 Å². The molecule has 1 aliphatic heterocycles. The highest BCUT2D eigenvalue weighted by Gasteiger charge is 2.30. The van der Waals surface area contributed by atoms with Gasteiger partial charge >= 0.3 is 6.09 Å². The Hall–Kier alpha value is -1.26. The van der Waals surface area contributed by atoms with Crippen LogP contribution in [0.2, 0.25) is 5.02 Å². The van der Waals surface area contributed by atoms with Crippen LogP contribution in [0.3, 0.4) is 0 Å². The van der Waals surface area contributed by atoms with Gasteiger partial charge in [0.15, 0.2) is 0 Å². The lowest BCUT2D eigenvalue weighted by Gasteiger charge is -2.30. The summed E-state index contributed by atoms with van der Waals surface area (Å²) in [6.07, 6.45) is 0.0978. The van der Waals surface area contributed by atoms with E-state index in [1.54, 1.807) is 0 Å². The third-order valence-corrected chi connectivity index (χ3v) is 4.10. The lowest BCUT2D eigenvalue weighted by Crippen LogP contribution is -2.40. The summed E-state index contributed by atoms with van der Waals surface area (Å²) < 4.78 is 0. The Balaban J connectivity index is 2.04. The van der Waals surface area contributed by atoms with Gasteiger partial charge in [-0.3, -0.25) is 4.90 Å². The van der Waals surface area contributed by atoms with Gasteiger partial charge in [0, 0.05) is 37.2 Å². The van der Waals surface area contributed by atoms with Crippen LogP contribution < -0.4 is 0 Å². The SMILES string of the molecule is CC(C)CN(Cc1ccc(Cl)cc1)C1CCN(C(=O)O)C1. The fourth-order valence-corrected chi connectivity index (χ4v) is 2.98. The van der Waals surface area contributed by atoms with E-state index in [1.807, 2.05) is 24.3 Å². The number of halogens is 1. The summed E-state index contributed by atoms with van der Waals surface area (Å²) in [5.41, 5.74) is 1.22. The molecule has 0 spiro atoms. The van der Waals surface area contributed by atoms with Gasteiger partial charge in [0.25, 0.3) is 0 Å². The number of carbonyl (C=O) groups is 1. The molecule has 21 heavy (non-hydrogen) atoms. The molecule has 116 valence electrons. The van der Waals surface area contributed by atoms with Crippen LogP contribution in [-0.4, -0.2) is 46.7 Å². The van der Waals surface area contributed by atoms with Gasteiger partial charge in [0.1, 0.15) is 0 Å². The molecule has 1 amide bonds. The molecule has 1 fully saturated rings. The van der Waals surface area contributed by atoms with Gasteiger partial charge in [0.05, 0.1) is 0 Å². The predicted molar refractivity (Wildman–Crippen MR) is 84.7 cm³/mol. The van der Waals surface area contributed by atoms with E-state index in [2.05, 4.69) is 18.7 Å². The second kappa shape index (κ2) is 7.14. The van der Waals surface area contributed by atoms with E-state index in [9.17, 15) is 4.79 Å². The molecule has 1 saturated heterocycles. The summed E-state index contributed by atoms with van der Waals surface area (Å²) in [7, 11) is 0. The Morgan fingerprint density at radius 1 is 1.43 bits per heavy atom. The predicted octanol–water partition coefficient (Wildman–Crippen LogP) is 3.55. The van der Waals surface area contributed by atoms with Crippen molar-refractivity contribution in [3.05, 3.63) is 34.9 Å². The van der Waals surface area contributed by atoms with Crippen molar-refractivity contribution < 1.29 is 9.90 Å². The first kappa shape index (κ1) is 16.1. The maximum Gasteiger partial charge on any atom is 0.407 e. The van der Waals surface area contributed by atoms with Crippen molar-refractivity contribution in [1.29, 1.82) is 0 Å². The fourth-order valence-electron chi connectivity index (χ4n) is 2.85. The summed E-state index contributed by atoms with van der Waals surface area (Å²) in [5, 5.41) is 9.85. The van der Waals surface area contributed by atoms with Crippen LogP contribution in [0, 0.1) is 5.92 Å². The molecule has 1 N–H and O–H groups in total. The summed E-state index contributed by atoms with van der Waals surface area (Å²) >= 11 is 5.93. The van der Waals surface area contributed by atoms with Crippen molar-refractivity contribution in [2.24, 2.45) is 5.92 Å². The maximum absolute atomic E-state index is 11.1. The molecular formula is C16H23ClN2O2. The minimum Gasteiger partial charge on any atom is -0.465 e. The number of rotatable bonds is 5. The lowest BCUT2D eigenvalue weighted by atomic mass is 10.1. The molecule has 2 rings (SSSR count). The molecule has 0 radical (unpaired) electrons. The number of nitrogens with zero attached hydrogens (tertiary/aromatic N) is 2. The molecule has 1 aromatic rings. The Morgan fingerprint density at radius 3 is 2.62 bits per heavy atom. The van der Waals surface area contributed by atoms with Gasteiger partial charge in [0.2, 0.25) is 0 Å². The van der Waals surface area contributed by atoms with E-state index in [4.69, 9.17) is 16.7 Å². The highest BCUT2D eigenvalue weighted by molar-refractivity contribution is 6.30. The van der Waals surface area contributed by atoms with Gasteiger partial charge in [-0.1, -0.05) is 37.6 Å². The van der Waals surface area contributed by atoms with Gasteiger partial charge in [-0.2, -0.15) is 0 Å². The molecule has 1 heterocycles. The molecule has 0 saturated carbocycles. The average molecular weight is 311 g/mol. The van der Waals surface area contributed by atoms with Crippen molar-refractivity contribution in [3.63, 3.8) is 0 Å². The quantitative estimate of drug-likeness (QED) is 0.904. The van der Waals surface area contributed by atoms with Crippen LogP contribution in [0.5, 0.6) is 0 Å². The van der Waals surface area contributed by atoms with Gasteiger partial charge in [-0.15, -0.1) is 0 Å². The first-order valence-corrected chi connectivity index (χ1v) is 7.80. The second-order valence-corrected chi connectivity index (χ2v) is 6.56.